The van der Waals surface area contributed by atoms with Crippen molar-refractivity contribution in [1.82, 2.24) is 20.0 Å². The highest BCUT2D eigenvalue weighted by atomic mass is 15.4. The maximum atomic E-state index is 4.68. The first-order valence-electron chi connectivity index (χ1n) is 7.64. The van der Waals surface area contributed by atoms with Crippen molar-refractivity contribution in [3.05, 3.63) is 78.5 Å². The standard InChI is InChI=1S/C19H16N4/c1-14(15-7-3-2-4-8-15)23-13-19(21-22-23)18-12-11-16-9-5-6-10-17(16)20-18/h2-14H,1H3/t14-/m0/s1. The molecule has 0 saturated heterocycles. The van der Waals surface area contributed by atoms with E-state index in [1.165, 1.54) is 5.56 Å². The van der Waals surface area contributed by atoms with Crippen LogP contribution in [0.15, 0.2) is 72.9 Å². The predicted molar refractivity (Wildman–Crippen MR) is 91.0 cm³/mol. The number of aromatic nitrogens is 4. The number of benzene rings is 2. The van der Waals surface area contributed by atoms with E-state index in [1.54, 1.807) is 0 Å². The minimum atomic E-state index is 0.137. The van der Waals surface area contributed by atoms with Gasteiger partial charge in [-0.25, -0.2) is 9.67 Å². The highest BCUT2D eigenvalue weighted by molar-refractivity contribution is 5.80. The van der Waals surface area contributed by atoms with Crippen molar-refractivity contribution in [2.45, 2.75) is 13.0 Å². The number of fused-ring (bicyclic) bond motifs is 1. The van der Waals surface area contributed by atoms with E-state index in [4.69, 9.17) is 0 Å². The molecule has 4 aromatic rings. The molecule has 1 atom stereocenters. The van der Waals surface area contributed by atoms with Crippen LogP contribution in [0.2, 0.25) is 0 Å². The molecule has 2 heterocycles. The quantitative estimate of drug-likeness (QED) is 0.572. The van der Waals surface area contributed by atoms with Crippen molar-refractivity contribution in [2.24, 2.45) is 0 Å². The summed E-state index contributed by atoms with van der Waals surface area (Å²) in [6, 6.07) is 22.6. The first kappa shape index (κ1) is 13.6. The third-order valence-electron chi connectivity index (χ3n) is 4.05. The van der Waals surface area contributed by atoms with Gasteiger partial charge >= 0.3 is 0 Å². The number of para-hydroxylation sites is 1. The molecule has 2 aromatic carbocycles. The van der Waals surface area contributed by atoms with Gasteiger partial charge in [-0.1, -0.05) is 59.8 Å². The largest absolute Gasteiger partial charge is 0.246 e. The predicted octanol–water partition coefficient (Wildman–Crippen LogP) is 4.10. The van der Waals surface area contributed by atoms with E-state index in [9.17, 15) is 0 Å². The van der Waals surface area contributed by atoms with Gasteiger partial charge in [0.1, 0.15) is 5.69 Å². The van der Waals surface area contributed by atoms with Gasteiger partial charge in [0.05, 0.1) is 23.4 Å². The van der Waals surface area contributed by atoms with Crippen molar-refractivity contribution in [3.8, 4) is 11.4 Å². The molecule has 0 radical (unpaired) electrons. The molecule has 4 heteroatoms. The van der Waals surface area contributed by atoms with E-state index >= 15 is 0 Å². The molecular weight excluding hydrogens is 284 g/mol. The third-order valence-corrected chi connectivity index (χ3v) is 4.05. The Bertz CT molecular complexity index is 944. The van der Waals surface area contributed by atoms with Crippen LogP contribution in [0.4, 0.5) is 0 Å². The molecule has 0 amide bonds. The van der Waals surface area contributed by atoms with Gasteiger partial charge in [-0.3, -0.25) is 0 Å². The van der Waals surface area contributed by atoms with Gasteiger partial charge < -0.3 is 0 Å². The van der Waals surface area contributed by atoms with Gasteiger partial charge in [-0.15, -0.1) is 5.10 Å². The lowest BCUT2D eigenvalue weighted by molar-refractivity contribution is 0.543. The normalized spacial score (nSPS) is 12.4. The van der Waals surface area contributed by atoms with Gasteiger partial charge in [0.15, 0.2) is 0 Å². The van der Waals surface area contributed by atoms with Crippen molar-refractivity contribution in [2.75, 3.05) is 0 Å². The van der Waals surface area contributed by atoms with Crippen molar-refractivity contribution >= 4 is 10.9 Å². The van der Waals surface area contributed by atoms with Gasteiger partial charge in [0.25, 0.3) is 0 Å². The Kier molecular flexibility index (Phi) is 3.35. The lowest BCUT2D eigenvalue weighted by Gasteiger charge is -2.10. The molecule has 0 aliphatic heterocycles. The average Bonchev–Trinajstić information content (AvgIpc) is 3.11. The molecule has 0 spiro atoms. The Hall–Kier alpha value is -3.01. The van der Waals surface area contributed by atoms with Crippen molar-refractivity contribution in [3.63, 3.8) is 0 Å². The molecule has 112 valence electrons. The van der Waals surface area contributed by atoms with Crippen LogP contribution in [0.1, 0.15) is 18.5 Å². The van der Waals surface area contributed by atoms with Crippen LogP contribution in [0.3, 0.4) is 0 Å². The molecule has 0 aliphatic rings. The molecule has 2 aromatic heterocycles. The lowest BCUT2D eigenvalue weighted by atomic mass is 10.1. The zero-order valence-corrected chi connectivity index (χ0v) is 12.8. The van der Waals surface area contributed by atoms with E-state index in [0.717, 1.165) is 22.3 Å². The summed E-state index contributed by atoms with van der Waals surface area (Å²) in [4.78, 5) is 4.68. The van der Waals surface area contributed by atoms with Gasteiger partial charge in [-0.2, -0.15) is 0 Å². The molecule has 0 aliphatic carbocycles. The fourth-order valence-corrected chi connectivity index (χ4v) is 2.68. The highest BCUT2D eigenvalue weighted by Crippen LogP contribution is 2.21. The summed E-state index contributed by atoms with van der Waals surface area (Å²) >= 11 is 0. The smallest absolute Gasteiger partial charge is 0.131 e. The molecule has 4 nitrogen and oxygen atoms in total. The van der Waals surface area contributed by atoms with Gasteiger partial charge in [0, 0.05) is 5.39 Å². The highest BCUT2D eigenvalue weighted by Gasteiger charge is 2.12. The molecule has 0 unspecified atom stereocenters. The molecule has 0 N–H and O–H groups in total. The van der Waals surface area contributed by atoms with Crippen molar-refractivity contribution in [1.29, 1.82) is 0 Å². The van der Waals surface area contributed by atoms with Crippen LogP contribution in [0.25, 0.3) is 22.3 Å². The van der Waals surface area contributed by atoms with E-state index in [2.05, 4.69) is 46.5 Å². The summed E-state index contributed by atoms with van der Waals surface area (Å²) in [6.45, 7) is 2.11. The third kappa shape index (κ3) is 2.59. The Balaban J connectivity index is 1.69. The monoisotopic (exact) mass is 300 g/mol. The Labute approximate surface area is 134 Å². The van der Waals surface area contributed by atoms with Crippen LogP contribution in [-0.2, 0) is 0 Å². The zero-order chi connectivity index (χ0) is 15.6. The van der Waals surface area contributed by atoms with Crippen LogP contribution in [0, 0.1) is 0 Å². The van der Waals surface area contributed by atoms with Gasteiger partial charge in [-0.05, 0) is 24.6 Å². The summed E-state index contributed by atoms with van der Waals surface area (Å²) in [5.74, 6) is 0. The Morgan fingerprint density at radius 1 is 0.826 bits per heavy atom. The van der Waals surface area contributed by atoms with E-state index in [-0.39, 0.29) is 6.04 Å². The number of rotatable bonds is 3. The average molecular weight is 300 g/mol. The number of hydrogen-bond acceptors (Lipinski definition) is 3. The van der Waals surface area contributed by atoms with Crippen LogP contribution in [-0.4, -0.2) is 20.0 Å². The van der Waals surface area contributed by atoms with E-state index < -0.39 is 0 Å². The maximum absolute atomic E-state index is 4.68. The first-order valence-corrected chi connectivity index (χ1v) is 7.64. The van der Waals surface area contributed by atoms with E-state index in [0.29, 0.717) is 0 Å². The topological polar surface area (TPSA) is 43.6 Å². The first-order chi connectivity index (χ1) is 11.3. The fraction of sp³-hybridized carbons (Fsp3) is 0.105. The van der Waals surface area contributed by atoms with Crippen LogP contribution in [0.5, 0.6) is 0 Å². The minimum Gasteiger partial charge on any atom is -0.246 e. The SMILES string of the molecule is C[C@@H](c1ccccc1)n1cc(-c2ccc3ccccc3n2)nn1. The summed E-state index contributed by atoms with van der Waals surface area (Å²) in [7, 11) is 0. The summed E-state index contributed by atoms with van der Waals surface area (Å²) in [5, 5.41) is 9.69. The fourth-order valence-electron chi connectivity index (χ4n) is 2.68. The molecular formula is C19H16N4. The second-order valence-electron chi connectivity index (χ2n) is 5.56. The lowest BCUT2D eigenvalue weighted by Crippen LogP contribution is -2.07. The Morgan fingerprint density at radius 2 is 1.61 bits per heavy atom. The van der Waals surface area contributed by atoms with Crippen LogP contribution >= 0.6 is 0 Å². The summed E-state index contributed by atoms with van der Waals surface area (Å²) < 4.78 is 1.88. The molecule has 0 bridgehead atoms. The molecule has 0 saturated carbocycles. The number of nitrogens with zero attached hydrogens (tertiary/aromatic N) is 4. The van der Waals surface area contributed by atoms with E-state index in [1.807, 2.05) is 53.3 Å². The minimum absolute atomic E-state index is 0.137. The second kappa shape index (κ2) is 5.65. The summed E-state index contributed by atoms with van der Waals surface area (Å²) in [6.07, 6.45) is 1.95. The van der Waals surface area contributed by atoms with Gasteiger partial charge in [0.2, 0.25) is 0 Å². The zero-order valence-electron chi connectivity index (χ0n) is 12.8. The number of pyridine rings is 1. The maximum Gasteiger partial charge on any atom is 0.131 e. The molecule has 4 rings (SSSR count). The molecule has 0 fully saturated rings. The van der Waals surface area contributed by atoms with Crippen LogP contribution < -0.4 is 0 Å². The molecule has 23 heavy (non-hydrogen) atoms. The second-order valence-corrected chi connectivity index (χ2v) is 5.56. The van der Waals surface area contributed by atoms with Crippen molar-refractivity contribution < 1.29 is 0 Å². The Morgan fingerprint density at radius 3 is 2.48 bits per heavy atom. The summed E-state index contributed by atoms with van der Waals surface area (Å²) in [5.41, 5.74) is 3.81. The number of hydrogen-bond donors (Lipinski definition) is 0.